The van der Waals surface area contributed by atoms with Crippen LogP contribution in [0.1, 0.15) is 23.6 Å². The zero-order chi connectivity index (χ0) is 24.1. The average molecular weight is 481 g/mol. The SMILES string of the molecule is CCOc1ccc(NS(=O)(=O)c2ccc(OCC(=O)N3CCc4ccccc4C3)c(C)c2)cc1. The molecule has 4 rings (SSSR count). The van der Waals surface area contributed by atoms with E-state index in [1.807, 2.05) is 25.1 Å². The van der Waals surface area contributed by atoms with Gasteiger partial charge in [0, 0.05) is 18.8 Å². The Morgan fingerprint density at radius 3 is 2.44 bits per heavy atom. The molecule has 0 unspecified atom stereocenters. The summed E-state index contributed by atoms with van der Waals surface area (Å²) in [6.07, 6.45) is 0.828. The highest BCUT2D eigenvalue weighted by molar-refractivity contribution is 7.92. The first kappa shape index (κ1) is 23.6. The molecule has 3 aromatic carbocycles. The first-order valence-corrected chi connectivity index (χ1v) is 12.7. The van der Waals surface area contributed by atoms with Crippen molar-refractivity contribution in [1.82, 2.24) is 4.90 Å². The fourth-order valence-electron chi connectivity index (χ4n) is 3.89. The molecule has 0 aliphatic carbocycles. The Morgan fingerprint density at radius 2 is 1.74 bits per heavy atom. The minimum atomic E-state index is -3.78. The van der Waals surface area contributed by atoms with E-state index in [1.54, 1.807) is 42.2 Å². The van der Waals surface area contributed by atoms with Gasteiger partial charge in [-0.2, -0.15) is 0 Å². The van der Waals surface area contributed by atoms with Crippen LogP contribution in [-0.4, -0.2) is 39.0 Å². The summed E-state index contributed by atoms with van der Waals surface area (Å²) in [5, 5.41) is 0. The van der Waals surface area contributed by atoms with Crippen molar-refractivity contribution in [3.05, 3.63) is 83.4 Å². The summed E-state index contributed by atoms with van der Waals surface area (Å²) in [4.78, 5) is 14.6. The van der Waals surface area contributed by atoms with Crippen molar-refractivity contribution in [3.63, 3.8) is 0 Å². The average Bonchev–Trinajstić information content (AvgIpc) is 2.84. The molecule has 8 heteroatoms. The summed E-state index contributed by atoms with van der Waals surface area (Å²) in [6.45, 7) is 5.32. The van der Waals surface area contributed by atoms with E-state index in [-0.39, 0.29) is 17.4 Å². The lowest BCUT2D eigenvalue weighted by Crippen LogP contribution is -2.38. The van der Waals surface area contributed by atoms with Gasteiger partial charge < -0.3 is 14.4 Å². The summed E-state index contributed by atoms with van der Waals surface area (Å²) < 4.78 is 39.3. The Bertz CT molecular complexity index is 1270. The summed E-state index contributed by atoms with van der Waals surface area (Å²) in [5.41, 5.74) is 3.51. The van der Waals surface area contributed by atoms with E-state index in [2.05, 4.69) is 10.8 Å². The Morgan fingerprint density at radius 1 is 1.00 bits per heavy atom. The molecule has 0 bridgehead atoms. The van der Waals surface area contributed by atoms with Crippen molar-refractivity contribution in [3.8, 4) is 11.5 Å². The fraction of sp³-hybridized carbons (Fsp3) is 0.269. The molecule has 0 aromatic heterocycles. The molecule has 0 atom stereocenters. The quantitative estimate of drug-likeness (QED) is 0.523. The molecule has 3 aromatic rings. The van der Waals surface area contributed by atoms with Crippen LogP contribution < -0.4 is 14.2 Å². The molecule has 0 saturated heterocycles. The van der Waals surface area contributed by atoms with Crippen LogP contribution in [0.25, 0.3) is 0 Å². The van der Waals surface area contributed by atoms with Gasteiger partial charge in [-0.3, -0.25) is 9.52 Å². The first-order chi connectivity index (χ1) is 16.4. The number of carbonyl (C=O) groups excluding carboxylic acids is 1. The van der Waals surface area contributed by atoms with E-state index < -0.39 is 10.0 Å². The Labute approximate surface area is 200 Å². The Hall–Kier alpha value is -3.52. The molecule has 34 heavy (non-hydrogen) atoms. The number of aryl methyl sites for hydroxylation is 1. The van der Waals surface area contributed by atoms with Crippen LogP contribution in [0.3, 0.4) is 0 Å². The number of hydrogen-bond acceptors (Lipinski definition) is 5. The predicted octanol–water partition coefficient (Wildman–Crippen LogP) is 4.16. The summed E-state index contributed by atoms with van der Waals surface area (Å²) in [6, 6.07) is 19.4. The van der Waals surface area contributed by atoms with Crippen molar-refractivity contribution >= 4 is 21.6 Å². The Kier molecular flexibility index (Phi) is 7.07. The molecule has 7 nitrogen and oxygen atoms in total. The highest BCUT2D eigenvalue weighted by atomic mass is 32.2. The molecule has 0 fully saturated rings. The van der Waals surface area contributed by atoms with Gasteiger partial charge in [-0.05, 0) is 79.4 Å². The van der Waals surface area contributed by atoms with Crippen LogP contribution in [0.4, 0.5) is 5.69 Å². The van der Waals surface area contributed by atoms with Crippen LogP contribution in [0.15, 0.2) is 71.6 Å². The van der Waals surface area contributed by atoms with E-state index in [0.29, 0.717) is 42.4 Å². The van der Waals surface area contributed by atoms with Gasteiger partial charge in [0.25, 0.3) is 15.9 Å². The maximum Gasteiger partial charge on any atom is 0.261 e. The number of amides is 1. The molecule has 0 saturated carbocycles. The third-order valence-electron chi connectivity index (χ3n) is 5.71. The van der Waals surface area contributed by atoms with E-state index in [0.717, 1.165) is 12.0 Å². The maximum absolute atomic E-state index is 12.8. The lowest BCUT2D eigenvalue weighted by atomic mass is 10.00. The molecule has 1 aliphatic heterocycles. The highest BCUT2D eigenvalue weighted by Crippen LogP contribution is 2.25. The number of anilines is 1. The van der Waals surface area contributed by atoms with Gasteiger partial charge in [-0.25, -0.2) is 8.42 Å². The summed E-state index contributed by atoms with van der Waals surface area (Å²) >= 11 is 0. The molecule has 0 spiro atoms. The predicted molar refractivity (Wildman–Crippen MR) is 131 cm³/mol. The third-order valence-corrected chi connectivity index (χ3v) is 7.09. The number of hydrogen-bond donors (Lipinski definition) is 1. The van der Waals surface area contributed by atoms with Crippen LogP contribution in [0, 0.1) is 6.92 Å². The molecular weight excluding hydrogens is 452 g/mol. The minimum Gasteiger partial charge on any atom is -0.494 e. The smallest absolute Gasteiger partial charge is 0.261 e. The monoisotopic (exact) mass is 480 g/mol. The second kappa shape index (κ2) is 10.2. The van der Waals surface area contributed by atoms with Crippen LogP contribution in [0.2, 0.25) is 0 Å². The number of benzene rings is 3. The van der Waals surface area contributed by atoms with Gasteiger partial charge in [-0.15, -0.1) is 0 Å². The normalized spacial score (nSPS) is 13.2. The van der Waals surface area contributed by atoms with E-state index in [4.69, 9.17) is 9.47 Å². The van der Waals surface area contributed by atoms with E-state index in [1.165, 1.54) is 17.7 Å². The molecule has 1 N–H and O–H groups in total. The van der Waals surface area contributed by atoms with Gasteiger partial charge in [0.15, 0.2) is 6.61 Å². The lowest BCUT2D eigenvalue weighted by Gasteiger charge is -2.28. The number of fused-ring (bicyclic) bond motifs is 1. The molecule has 0 radical (unpaired) electrons. The first-order valence-electron chi connectivity index (χ1n) is 11.2. The van der Waals surface area contributed by atoms with E-state index >= 15 is 0 Å². The molecule has 1 aliphatic rings. The van der Waals surface area contributed by atoms with Gasteiger partial charge in [0.1, 0.15) is 11.5 Å². The highest BCUT2D eigenvalue weighted by Gasteiger charge is 2.21. The zero-order valence-corrected chi connectivity index (χ0v) is 20.1. The van der Waals surface area contributed by atoms with Crippen molar-refractivity contribution in [1.29, 1.82) is 0 Å². The minimum absolute atomic E-state index is 0.0947. The second-order valence-corrected chi connectivity index (χ2v) is 9.80. The number of rotatable bonds is 8. The molecule has 178 valence electrons. The third kappa shape index (κ3) is 5.51. The van der Waals surface area contributed by atoms with Gasteiger partial charge in [0.05, 0.1) is 11.5 Å². The van der Waals surface area contributed by atoms with Crippen molar-refractivity contribution < 1.29 is 22.7 Å². The standard InChI is InChI=1S/C26H28N2O5S/c1-3-32-23-10-8-22(9-11-23)27-34(30,31)24-12-13-25(19(2)16-24)33-18-26(29)28-15-14-20-6-4-5-7-21(20)17-28/h4-13,16,27H,3,14-15,17-18H2,1-2H3. The maximum atomic E-state index is 12.8. The lowest BCUT2D eigenvalue weighted by molar-refractivity contribution is -0.134. The van der Waals surface area contributed by atoms with Crippen LogP contribution in [-0.2, 0) is 27.8 Å². The Balaban J connectivity index is 1.37. The fourth-order valence-corrected chi connectivity index (χ4v) is 5.03. The number of ether oxygens (including phenoxy) is 2. The second-order valence-electron chi connectivity index (χ2n) is 8.11. The van der Waals surface area contributed by atoms with Gasteiger partial charge in [0.2, 0.25) is 0 Å². The van der Waals surface area contributed by atoms with Crippen molar-refractivity contribution in [2.75, 3.05) is 24.5 Å². The number of nitrogens with one attached hydrogen (secondary N) is 1. The zero-order valence-electron chi connectivity index (χ0n) is 19.3. The van der Waals surface area contributed by atoms with Crippen molar-refractivity contribution in [2.24, 2.45) is 0 Å². The van der Waals surface area contributed by atoms with Crippen LogP contribution >= 0.6 is 0 Å². The summed E-state index contributed by atoms with van der Waals surface area (Å²) in [7, 11) is -3.78. The molecular formula is C26H28N2O5S. The number of sulfonamides is 1. The van der Waals surface area contributed by atoms with E-state index in [9.17, 15) is 13.2 Å². The van der Waals surface area contributed by atoms with Crippen molar-refractivity contribution in [2.45, 2.75) is 31.7 Å². The van der Waals surface area contributed by atoms with Gasteiger partial charge in [-0.1, -0.05) is 24.3 Å². The summed E-state index contributed by atoms with van der Waals surface area (Å²) in [5.74, 6) is 1.06. The molecule has 1 amide bonds. The number of nitrogens with zero attached hydrogens (tertiary/aromatic N) is 1. The van der Waals surface area contributed by atoms with Gasteiger partial charge >= 0.3 is 0 Å². The number of carbonyl (C=O) groups is 1. The largest absolute Gasteiger partial charge is 0.494 e. The molecule has 1 heterocycles. The topological polar surface area (TPSA) is 84.9 Å². The van der Waals surface area contributed by atoms with Crippen LogP contribution in [0.5, 0.6) is 11.5 Å².